The molecule has 19 heavy (non-hydrogen) atoms. The van der Waals surface area contributed by atoms with E-state index in [1.165, 1.54) is 42.7 Å². The van der Waals surface area contributed by atoms with E-state index in [9.17, 15) is 14.7 Å². The predicted molar refractivity (Wildman–Crippen MR) is 67.1 cm³/mol. The molecule has 0 radical (unpaired) electrons. The monoisotopic (exact) mass is 256 g/mol. The van der Waals surface area contributed by atoms with Gasteiger partial charge >= 0.3 is 0 Å². The van der Waals surface area contributed by atoms with Gasteiger partial charge in [-0.25, -0.2) is 0 Å². The number of amides is 1. The first-order chi connectivity index (χ1) is 9.15. The molecule has 0 aliphatic rings. The number of hydrogen-bond donors (Lipinski definition) is 1. The summed E-state index contributed by atoms with van der Waals surface area (Å²) in [5.74, 6) is -1.02. The Labute approximate surface area is 109 Å². The number of carbonyl (C=O) groups excluding carboxylic acids is 2. The summed E-state index contributed by atoms with van der Waals surface area (Å²) in [4.78, 5) is 22.1. The van der Waals surface area contributed by atoms with E-state index in [2.05, 4.69) is 5.32 Å². The number of aromatic carboxylic acids is 1. The average Bonchev–Trinajstić information content (AvgIpc) is 2.90. The number of rotatable bonds is 4. The summed E-state index contributed by atoms with van der Waals surface area (Å²) in [6.45, 7) is 0. The molecule has 0 aliphatic heterocycles. The summed E-state index contributed by atoms with van der Waals surface area (Å²) < 4.78 is 5.04. The first-order valence-corrected chi connectivity index (χ1v) is 5.49. The third kappa shape index (κ3) is 3.57. The fraction of sp³-hybridized carbons (Fsp3) is 0. The van der Waals surface area contributed by atoms with Crippen molar-refractivity contribution in [2.24, 2.45) is 0 Å². The summed E-state index contributed by atoms with van der Waals surface area (Å²) in [6.07, 6.45) is 4.37. The molecule has 2 aromatic rings. The van der Waals surface area contributed by atoms with Gasteiger partial charge in [0.05, 0.1) is 12.2 Å². The fourth-order valence-corrected chi connectivity index (χ4v) is 1.42. The lowest BCUT2D eigenvalue weighted by Crippen LogP contribution is -2.22. The van der Waals surface area contributed by atoms with Crippen molar-refractivity contribution in [3.8, 4) is 0 Å². The van der Waals surface area contributed by atoms with Crippen molar-refractivity contribution < 1.29 is 19.1 Å². The van der Waals surface area contributed by atoms with Crippen LogP contribution >= 0.6 is 0 Å². The SMILES string of the molecule is O=C(/C=C/c1ccco1)Nc1ccc(C(=O)[O-])cc1. The van der Waals surface area contributed by atoms with Crippen LogP contribution in [0, 0.1) is 0 Å². The Balaban J connectivity index is 1.97. The second kappa shape index (κ2) is 5.68. The first kappa shape index (κ1) is 12.6. The highest BCUT2D eigenvalue weighted by molar-refractivity contribution is 6.01. The topological polar surface area (TPSA) is 82.4 Å². The van der Waals surface area contributed by atoms with E-state index >= 15 is 0 Å². The zero-order valence-electron chi connectivity index (χ0n) is 9.83. The number of hydrogen-bond acceptors (Lipinski definition) is 4. The van der Waals surface area contributed by atoms with E-state index in [4.69, 9.17) is 4.42 Å². The highest BCUT2D eigenvalue weighted by atomic mass is 16.4. The minimum Gasteiger partial charge on any atom is -0.545 e. The normalized spacial score (nSPS) is 10.5. The van der Waals surface area contributed by atoms with E-state index in [-0.39, 0.29) is 11.5 Å². The third-order valence-electron chi connectivity index (χ3n) is 2.33. The molecule has 1 amide bonds. The first-order valence-electron chi connectivity index (χ1n) is 5.49. The van der Waals surface area contributed by atoms with Crippen molar-refractivity contribution in [2.45, 2.75) is 0 Å². The van der Waals surface area contributed by atoms with Crippen molar-refractivity contribution in [1.29, 1.82) is 0 Å². The highest BCUT2D eigenvalue weighted by Crippen LogP contribution is 2.09. The maximum atomic E-state index is 11.6. The summed E-state index contributed by atoms with van der Waals surface area (Å²) >= 11 is 0. The van der Waals surface area contributed by atoms with Gasteiger partial charge in [0.25, 0.3) is 0 Å². The van der Waals surface area contributed by atoms with Crippen LogP contribution in [0.25, 0.3) is 6.08 Å². The molecule has 0 atom stereocenters. The van der Waals surface area contributed by atoms with Crippen LogP contribution in [-0.4, -0.2) is 11.9 Å². The van der Waals surface area contributed by atoms with Crippen LogP contribution in [0.2, 0.25) is 0 Å². The van der Waals surface area contributed by atoms with Gasteiger partial charge < -0.3 is 19.6 Å². The van der Waals surface area contributed by atoms with E-state index in [1.54, 1.807) is 12.1 Å². The Morgan fingerprint density at radius 2 is 1.89 bits per heavy atom. The minimum atomic E-state index is -1.25. The van der Waals surface area contributed by atoms with Crippen molar-refractivity contribution >= 4 is 23.6 Å². The zero-order chi connectivity index (χ0) is 13.7. The molecule has 0 unspecified atom stereocenters. The minimum absolute atomic E-state index is 0.0594. The predicted octanol–water partition coefficient (Wildman–Crippen LogP) is 1.29. The van der Waals surface area contributed by atoms with E-state index in [1.807, 2.05) is 0 Å². The largest absolute Gasteiger partial charge is 0.545 e. The van der Waals surface area contributed by atoms with Gasteiger partial charge in [-0.3, -0.25) is 4.79 Å². The fourth-order valence-electron chi connectivity index (χ4n) is 1.42. The average molecular weight is 256 g/mol. The number of nitrogens with one attached hydrogen (secondary N) is 1. The molecule has 0 bridgehead atoms. The molecule has 1 N–H and O–H groups in total. The maximum Gasteiger partial charge on any atom is 0.248 e. The molecule has 0 saturated heterocycles. The number of furan rings is 1. The Morgan fingerprint density at radius 3 is 2.47 bits per heavy atom. The number of benzene rings is 1. The Morgan fingerprint density at radius 1 is 1.16 bits per heavy atom. The zero-order valence-corrected chi connectivity index (χ0v) is 9.83. The smallest absolute Gasteiger partial charge is 0.248 e. The number of anilines is 1. The second-order valence-corrected chi connectivity index (χ2v) is 3.70. The van der Waals surface area contributed by atoms with Gasteiger partial charge in [0, 0.05) is 11.8 Å². The Bertz CT molecular complexity index is 597. The van der Waals surface area contributed by atoms with Crippen molar-refractivity contribution in [2.75, 3.05) is 5.32 Å². The van der Waals surface area contributed by atoms with Gasteiger partial charge in [-0.05, 0) is 35.9 Å². The lowest BCUT2D eigenvalue weighted by Gasteiger charge is -2.04. The van der Waals surface area contributed by atoms with Crippen LogP contribution in [0.15, 0.2) is 53.2 Å². The molecule has 1 aromatic carbocycles. The number of carbonyl (C=O) groups is 2. The van der Waals surface area contributed by atoms with Gasteiger partial charge in [-0.2, -0.15) is 0 Å². The lowest BCUT2D eigenvalue weighted by molar-refractivity contribution is -0.255. The molecule has 5 nitrogen and oxygen atoms in total. The van der Waals surface area contributed by atoms with Gasteiger partial charge in [0.15, 0.2) is 0 Å². The van der Waals surface area contributed by atoms with Gasteiger partial charge in [0.1, 0.15) is 5.76 Å². The lowest BCUT2D eigenvalue weighted by atomic mass is 10.2. The second-order valence-electron chi connectivity index (χ2n) is 3.70. The molecule has 1 aromatic heterocycles. The Kier molecular flexibility index (Phi) is 3.78. The number of carboxylic acid groups (broad SMARTS) is 1. The quantitative estimate of drug-likeness (QED) is 0.836. The maximum absolute atomic E-state index is 11.6. The van der Waals surface area contributed by atoms with Crippen LogP contribution in [0.3, 0.4) is 0 Å². The molecule has 96 valence electrons. The third-order valence-corrected chi connectivity index (χ3v) is 2.33. The van der Waals surface area contributed by atoms with Crippen LogP contribution < -0.4 is 10.4 Å². The molecular weight excluding hydrogens is 246 g/mol. The van der Waals surface area contributed by atoms with Crippen molar-refractivity contribution in [1.82, 2.24) is 0 Å². The molecule has 0 fully saturated rings. The molecule has 5 heteroatoms. The van der Waals surface area contributed by atoms with Gasteiger partial charge in [-0.15, -0.1) is 0 Å². The van der Waals surface area contributed by atoms with E-state index in [0.29, 0.717) is 11.4 Å². The molecule has 0 spiro atoms. The summed E-state index contributed by atoms with van der Waals surface area (Å²) in [5, 5.41) is 13.1. The van der Waals surface area contributed by atoms with Gasteiger partial charge in [0.2, 0.25) is 5.91 Å². The number of carboxylic acids is 1. The molecular formula is C14H10NO4-. The van der Waals surface area contributed by atoms with Crippen LogP contribution in [-0.2, 0) is 4.79 Å². The Hall–Kier alpha value is -2.82. The standard InChI is InChI=1S/C14H11NO4/c16-13(8-7-12-2-1-9-19-12)15-11-5-3-10(4-6-11)14(17)18/h1-9H,(H,15,16)(H,17,18)/p-1/b8-7+. The molecule has 1 heterocycles. The van der Waals surface area contributed by atoms with Crippen molar-refractivity contribution in [3.05, 3.63) is 60.1 Å². The van der Waals surface area contributed by atoms with Crippen molar-refractivity contribution in [3.63, 3.8) is 0 Å². The van der Waals surface area contributed by atoms with Gasteiger partial charge in [-0.1, -0.05) is 12.1 Å². The molecule has 0 saturated carbocycles. The molecule has 2 rings (SSSR count). The summed E-state index contributed by atoms with van der Waals surface area (Å²) in [5.41, 5.74) is 0.559. The summed E-state index contributed by atoms with van der Waals surface area (Å²) in [6, 6.07) is 9.14. The van der Waals surface area contributed by atoms with E-state index in [0.717, 1.165) is 0 Å². The van der Waals surface area contributed by atoms with Crippen LogP contribution in [0.1, 0.15) is 16.1 Å². The highest BCUT2D eigenvalue weighted by Gasteiger charge is 1.99. The summed E-state index contributed by atoms with van der Waals surface area (Å²) in [7, 11) is 0. The van der Waals surface area contributed by atoms with E-state index < -0.39 is 5.97 Å². The van der Waals surface area contributed by atoms with Crippen LogP contribution in [0.4, 0.5) is 5.69 Å². The molecule has 0 aliphatic carbocycles. The van der Waals surface area contributed by atoms with Crippen LogP contribution in [0.5, 0.6) is 0 Å².